The van der Waals surface area contributed by atoms with Crippen molar-refractivity contribution in [3.8, 4) is 0 Å². The lowest BCUT2D eigenvalue weighted by atomic mass is 9.93. The van der Waals surface area contributed by atoms with Crippen molar-refractivity contribution in [2.75, 3.05) is 6.54 Å². The van der Waals surface area contributed by atoms with Gasteiger partial charge < -0.3 is 15.3 Å². The summed E-state index contributed by atoms with van der Waals surface area (Å²) in [6, 6.07) is -0.0195. The van der Waals surface area contributed by atoms with Crippen molar-refractivity contribution in [3.63, 3.8) is 0 Å². The Morgan fingerprint density at radius 3 is 2.28 bits per heavy atom. The fourth-order valence-electron chi connectivity index (χ4n) is 2.73. The maximum atomic E-state index is 12.2. The topological polar surface area (TPSA) is 69.6 Å². The van der Waals surface area contributed by atoms with Crippen LogP contribution in [0.2, 0.25) is 0 Å². The van der Waals surface area contributed by atoms with Gasteiger partial charge in [-0.25, -0.2) is 4.79 Å². The highest BCUT2D eigenvalue weighted by atomic mass is 16.4. The zero-order chi connectivity index (χ0) is 13.8. The van der Waals surface area contributed by atoms with Gasteiger partial charge in [0.05, 0.1) is 12.0 Å². The van der Waals surface area contributed by atoms with E-state index in [-0.39, 0.29) is 18.5 Å². The normalized spacial score (nSPS) is 17.8. The van der Waals surface area contributed by atoms with E-state index in [0.717, 1.165) is 25.7 Å². The molecule has 0 aromatic rings. The summed E-state index contributed by atoms with van der Waals surface area (Å²) in [6.07, 6.45) is 3.53. The van der Waals surface area contributed by atoms with Crippen molar-refractivity contribution in [1.29, 1.82) is 0 Å². The first-order chi connectivity index (χ1) is 8.40. The van der Waals surface area contributed by atoms with Gasteiger partial charge in [-0.05, 0) is 33.6 Å². The average molecular weight is 256 g/mol. The lowest BCUT2D eigenvalue weighted by molar-refractivity contribution is -0.138. The Hall–Kier alpha value is -1.26. The van der Waals surface area contributed by atoms with E-state index in [1.165, 1.54) is 0 Å². The van der Waals surface area contributed by atoms with Gasteiger partial charge in [0.1, 0.15) is 0 Å². The number of carbonyl (C=O) groups excluding carboxylic acids is 1. The first-order valence-corrected chi connectivity index (χ1v) is 6.71. The molecule has 1 fully saturated rings. The van der Waals surface area contributed by atoms with E-state index in [1.807, 2.05) is 20.8 Å². The Morgan fingerprint density at radius 1 is 1.33 bits per heavy atom. The number of hydrogen-bond donors (Lipinski definition) is 2. The van der Waals surface area contributed by atoms with Crippen LogP contribution >= 0.6 is 0 Å². The molecule has 5 heteroatoms. The molecule has 0 heterocycles. The number of carbonyl (C=O) groups is 2. The molecule has 0 aliphatic heterocycles. The number of carboxylic acids is 1. The van der Waals surface area contributed by atoms with Gasteiger partial charge in [-0.2, -0.15) is 0 Å². The third-order valence-corrected chi connectivity index (χ3v) is 3.65. The summed E-state index contributed by atoms with van der Waals surface area (Å²) >= 11 is 0. The van der Waals surface area contributed by atoms with Crippen molar-refractivity contribution in [2.45, 2.75) is 64.5 Å². The van der Waals surface area contributed by atoms with Gasteiger partial charge in [-0.1, -0.05) is 12.8 Å². The SMILES string of the molecule is CCN(C(=O)NC1(CC(=O)O)CCCC1)C(C)C. The number of carboxylic acid groups (broad SMARTS) is 1. The highest BCUT2D eigenvalue weighted by Gasteiger charge is 2.38. The van der Waals surface area contributed by atoms with Gasteiger partial charge in [0.15, 0.2) is 0 Å². The van der Waals surface area contributed by atoms with Crippen LogP contribution < -0.4 is 5.32 Å². The number of urea groups is 1. The van der Waals surface area contributed by atoms with E-state index in [9.17, 15) is 9.59 Å². The zero-order valence-electron chi connectivity index (χ0n) is 11.5. The molecule has 0 spiro atoms. The highest BCUT2D eigenvalue weighted by molar-refractivity contribution is 5.77. The second kappa shape index (κ2) is 6.07. The van der Waals surface area contributed by atoms with E-state index in [2.05, 4.69) is 5.32 Å². The lowest BCUT2D eigenvalue weighted by Gasteiger charge is -2.33. The summed E-state index contributed by atoms with van der Waals surface area (Å²) < 4.78 is 0. The first kappa shape index (κ1) is 14.8. The lowest BCUT2D eigenvalue weighted by Crippen LogP contribution is -2.54. The van der Waals surface area contributed by atoms with Crippen LogP contribution in [-0.2, 0) is 4.79 Å². The van der Waals surface area contributed by atoms with Crippen molar-refractivity contribution < 1.29 is 14.7 Å². The molecule has 1 aliphatic carbocycles. The molecule has 18 heavy (non-hydrogen) atoms. The molecule has 0 aromatic heterocycles. The fourth-order valence-corrected chi connectivity index (χ4v) is 2.73. The number of rotatable bonds is 5. The Bertz CT molecular complexity index is 309. The molecule has 1 rings (SSSR count). The molecule has 5 nitrogen and oxygen atoms in total. The van der Waals surface area contributed by atoms with Crippen molar-refractivity contribution in [2.24, 2.45) is 0 Å². The summed E-state index contributed by atoms with van der Waals surface area (Å²) in [4.78, 5) is 24.9. The predicted octanol–water partition coefficient (Wildman–Crippen LogP) is 2.21. The molecule has 0 bridgehead atoms. The molecule has 0 aromatic carbocycles. The molecular formula is C13H24N2O3. The van der Waals surface area contributed by atoms with Crippen molar-refractivity contribution in [1.82, 2.24) is 10.2 Å². The van der Waals surface area contributed by atoms with E-state index >= 15 is 0 Å². The first-order valence-electron chi connectivity index (χ1n) is 6.71. The maximum Gasteiger partial charge on any atom is 0.318 e. The van der Waals surface area contributed by atoms with Gasteiger partial charge in [0, 0.05) is 12.6 Å². The monoisotopic (exact) mass is 256 g/mol. The predicted molar refractivity (Wildman–Crippen MR) is 69.5 cm³/mol. The molecule has 0 saturated heterocycles. The molecule has 0 radical (unpaired) electrons. The molecule has 2 amide bonds. The third kappa shape index (κ3) is 3.62. The Labute approximate surface area is 109 Å². The summed E-state index contributed by atoms with van der Waals surface area (Å²) in [5.41, 5.74) is -0.536. The van der Waals surface area contributed by atoms with Crippen LogP contribution in [0.5, 0.6) is 0 Å². The smallest absolute Gasteiger partial charge is 0.318 e. The molecule has 1 saturated carbocycles. The van der Waals surface area contributed by atoms with Crippen LogP contribution in [0, 0.1) is 0 Å². The van der Waals surface area contributed by atoms with Crippen LogP contribution in [0.4, 0.5) is 4.79 Å². The second-order valence-corrected chi connectivity index (χ2v) is 5.37. The minimum Gasteiger partial charge on any atom is -0.481 e. The highest BCUT2D eigenvalue weighted by Crippen LogP contribution is 2.32. The molecular weight excluding hydrogens is 232 g/mol. The summed E-state index contributed by atoms with van der Waals surface area (Å²) in [5, 5.41) is 12.0. The van der Waals surface area contributed by atoms with E-state index in [0.29, 0.717) is 6.54 Å². The number of hydrogen-bond acceptors (Lipinski definition) is 2. The molecule has 0 unspecified atom stereocenters. The molecule has 2 N–H and O–H groups in total. The standard InChI is InChI=1S/C13H24N2O3/c1-4-15(10(2)3)12(18)14-13(9-11(16)17)7-5-6-8-13/h10H,4-9H2,1-3H3,(H,14,18)(H,16,17). The van der Waals surface area contributed by atoms with Crippen molar-refractivity contribution >= 4 is 12.0 Å². The van der Waals surface area contributed by atoms with E-state index in [1.54, 1.807) is 4.90 Å². The number of amides is 2. The minimum absolute atomic E-state index is 0.0222. The quantitative estimate of drug-likeness (QED) is 0.792. The van der Waals surface area contributed by atoms with Crippen LogP contribution in [0.25, 0.3) is 0 Å². The Kier molecular flexibility index (Phi) is 4.99. The maximum absolute atomic E-state index is 12.2. The third-order valence-electron chi connectivity index (χ3n) is 3.65. The fraction of sp³-hybridized carbons (Fsp3) is 0.846. The number of aliphatic carboxylic acids is 1. The van der Waals surface area contributed by atoms with Crippen LogP contribution in [0.3, 0.4) is 0 Å². The Morgan fingerprint density at radius 2 is 1.89 bits per heavy atom. The minimum atomic E-state index is -0.843. The van der Waals surface area contributed by atoms with Gasteiger partial charge in [-0.3, -0.25) is 4.79 Å². The van der Waals surface area contributed by atoms with Gasteiger partial charge in [0.2, 0.25) is 0 Å². The summed E-state index contributed by atoms with van der Waals surface area (Å²) in [6.45, 7) is 6.48. The summed E-state index contributed by atoms with van der Waals surface area (Å²) in [7, 11) is 0. The van der Waals surface area contributed by atoms with Crippen LogP contribution in [-0.4, -0.2) is 40.1 Å². The molecule has 1 aliphatic rings. The largest absolute Gasteiger partial charge is 0.481 e. The second-order valence-electron chi connectivity index (χ2n) is 5.37. The zero-order valence-corrected chi connectivity index (χ0v) is 11.5. The molecule has 0 atom stereocenters. The molecule has 104 valence electrons. The summed E-state index contributed by atoms with van der Waals surface area (Å²) in [5.74, 6) is -0.843. The van der Waals surface area contributed by atoms with Gasteiger partial charge in [-0.15, -0.1) is 0 Å². The Balaban J connectivity index is 2.71. The van der Waals surface area contributed by atoms with Crippen LogP contribution in [0.1, 0.15) is 52.9 Å². The average Bonchev–Trinajstić information content (AvgIpc) is 2.65. The van der Waals surface area contributed by atoms with E-state index < -0.39 is 11.5 Å². The van der Waals surface area contributed by atoms with Gasteiger partial charge >= 0.3 is 12.0 Å². The van der Waals surface area contributed by atoms with Gasteiger partial charge in [0.25, 0.3) is 0 Å². The number of nitrogens with one attached hydrogen (secondary N) is 1. The number of nitrogens with zero attached hydrogens (tertiary/aromatic N) is 1. The van der Waals surface area contributed by atoms with Crippen molar-refractivity contribution in [3.05, 3.63) is 0 Å². The van der Waals surface area contributed by atoms with Crippen LogP contribution in [0.15, 0.2) is 0 Å². The van der Waals surface area contributed by atoms with E-state index in [4.69, 9.17) is 5.11 Å².